The molecule has 1 aliphatic carbocycles. The van der Waals surface area contributed by atoms with E-state index in [1.165, 1.54) is 4.90 Å². The van der Waals surface area contributed by atoms with Crippen LogP contribution in [0.2, 0.25) is 0 Å². The average molecular weight is 517 g/mol. The predicted octanol–water partition coefficient (Wildman–Crippen LogP) is 3.81. The Hall–Kier alpha value is -2.90. The van der Waals surface area contributed by atoms with Gasteiger partial charge in [0.25, 0.3) is 0 Å². The van der Waals surface area contributed by atoms with Crippen LogP contribution in [0, 0.1) is 0 Å². The second-order valence-corrected chi connectivity index (χ2v) is 9.18. The Balaban J connectivity index is 0.00000456. The summed E-state index contributed by atoms with van der Waals surface area (Å²) in [5.41, 5.74) is 3.37. The number of aliphatic carboxylic acids is 1. The first-order valence-electron chi connectivity index (χ1n) is 12.4. The van der Waals surface area contributed by atoms with E-state index in [0.717, 1.165) is 29.5 Å². The van der Waals surface area contributed by atoms with Crippen LogP contribution in [-0.4, -0.2) is 59.1 Å². The molecule has 1 aliphatic rings. The summed E-state index contributed by atoms with van der Waals surface area (Å²) in [6.07, 6.45) is 4.06. The van der Waals surface area contributed by atoms with E-state index in [1.807, 2.05) is 61.5 Å². The fourth-order valence-corrected chi connectivity index (χ4v) is 4.55. The zero-order valence-electron chi connectivity index (χ0n) is 21.0. The number of rotatable bonds is 13. The Kier molecular flexibility index (Phi) is 11.9. The second kappa shape index (κ2) is 14.6. The smallest absolute Gasteiger partial charge is 0.323 e. The Labute approximate surface area is 219 Å². The molecule has 0 radical (unpaired) electrons. The van der Waals surface area contributed by atoms with Crippen molar-refractivity contribution in [3.8, 4) is 0 Å². The molecule has 196 valence electrons. The predicted molar refractivity (Wildman–Crippen MR) is 141 cm³/mol. The van der Waals surface area contributed by atoms with Gasteiger partial charge in [-0.05, 0) is 55.7 Å². The van der Waals surface area contributed by atoms with E-state index in [9.17, 15) is 19.5 Å². The lowest BCUT2D eigenvalue weighted by molar-refractivity contribution is -0.149. The molecule has 36 heavy (non-hydrogen) atoms. The quantitative estimate of drug-likeness (QED) is 0.310. The number of nitrogens with one attached hydrogen (secondary N) is 1. The van der Waals surface area contributed by atoms with Crippen LogP contribution in [0.4, 0.5) is 0 Å². The molecule has 2 N–H and O–H groups in total. The second-order valence-electron chi connectivity index (χ2n) is 9.18. The van der Waals surface area contributed by atoms with Gasteiger partial charge in [-0.15, -0.1) is 12.4 Å². The molecule has 3 rings (SSSR count). The molecule has 0 saturated heterocycles. The maximum absolute atomic E-state index is 13.5. The van der Waals surface area contributed by atoms with Crippen molar-refractivity contribution in [1.29, 1.82) is 0 Å². The third-order valence-corrected chi connectivity index (χ3v) is 6.47. The van der Waals surface area contributed by atoms with Gasteiger partial charge in [0.1, 0.15) is 12.6 Å². The molecule has 7 nitrogen and oxygen atoms in total. The number of carbonyl (C=O) groups is 3. The van der Waals surface area contributed by atoms with Gasteiger partial charge in [0.05, 0.1) is 12.6 Å². The van der Waals surface area contributed by atoms with Crippen molar-refractivity contribution in [2.24, 2.45) is 0 Å². The number of carboxylic acids is 1. The molecule has 2 aromatic carbocycles. The maximum Gasteiger partial charge on any atom is 0.323 e. The van der Waals surface area contributed by atoms with Crippen LogP contribution in [-0.2, 0) is 38.4 Å². The van der Waals surface area contributed by atoms with Gasteiger partial charge in [-0.25, -0.2) is 0 Å². The van der Waals surface area contributed by atoms with E-state index in [2.05, 4.69) is 5.32 Å². The summed E-state index contributed by atoms with van der Waals surface area (Å²) >= 11 is 0. The molecule has 0 spiro atoms. The van der Waals surface area contributed by atoms with Gasteiger partial charge < -0.3 is 14.7 Å². The summed E-state index contributed by atoms with van der Waals surface area (Å²) in [7, 11) is 0. The summed E-state index contributed by atoms with van der Waals surface area (Å²) in [6, 6.07) is 16.2. The normalized spacial score (nSPS) is 14.3. The van der Waals surface area contributed by atoms with Gasteiger partial charge in [-0.1, -0.05) is 67.9 Å². The molecule has 0 fully saturated rings. The minimum atomic E-state index is -1.05. The third kappa shape index (κ3) is 8.35. The number of nitrogens with zero attached hydrogens (tertiary/aromatic N) is 1. The van der Waals surface area contributed by atoms with Crippen molar-refractivity contribution < 1.29 is 24.2 Å². The Bertz CT molecular complexity index is 975. The highest BCUT2D eigenvalue weighted by Crippen LogP contribution is 2.26. The first-order valence-corrected chi connectivity index (χ1v) is 12.4. The molecule has 1 amide bonds. The molecular formula is C28H37ClN2O5. The Morgan fingerprint density at radius 1 is 1.06 bits per heavy atom. The van der Waals surface area contributed by atoms with Crippen molar-refractivity contribution in [1.82, 2.24) is 10.2 Å². The topological polar surface area (TPSA) is 95.9 Å². The molecule has 0 aromatic heterocycles. The minimum absolute atomic E-state index is 0. The number of benzene rings is 2. The number of aryl methyl sites for hydroxylation is 1. The Morgan fingerprint density at radius 3 is 2.25 bits per heavy atom. The zero-order valence-corrected chi connectivity index (χ0v) is 21.8. The van der Waals surface area contributed by atoms with E-state index in [0.29, 0.717) is 32.3 Å². The van der Waals surface area contributed by atoms with Crippen molar-refractivity contribution in [3.63, 3.8) is 0 Å². The summed E-state index contributed by atoms with van der Waals surface area (Å²) in [5.74, 6) is -1.76. The SMILES string of the molecule is CCCCOC(=O)C(CCc1ccccc1)N[C@@H](C)C(=O)N(CC(=O)O)C1Cc2ccccc2C1.Cl. The summed E-state index contributed by atoms with van der Waals surface area (Å²) < 4.78 is 5.46. The van der Waals surface area contributed by atoms with Crippen LogP contribution in [0.3, 0.4) is 0 Å². The van der Waals surface area contributed by atoms with Crippen LogP contribution >= 0.6 is 12.4 Å². The van der Waals surface area contributed by atoms with Gasteiger partial charge >= 0.3 is 11.9 Å². The maximum atomic E-state index is 13.5. The molecule has 0 bridgehead atoms. The molecule has 1 unspecified atom stereocenters. The highest BCUT2D eigenvalue weighted by atomic mass is 35.5. The van der Waals surface area contributed by atoms with Gasteiger partial charge in [0.15, 0.2) is 0 Å². The fourth-order valence-electron chi connectivity index (χ4n) is 4.55. The Morgan fingerprint density at radius 2 is 1.67 bits per heavy atom. The molecule has 2 aromatic rings. The third-order valence-electron chi connectivity index (χ3n) is 6.47. The van der Waals surface area contributed by atoms with E-state index in [1.54, 1.807) is 6.92 Å². The van der Waals surface area contributed by atoms with Crippen molar-refractivity contribution in [2.45, 2.75) is 70.5 Å². The minimum Gasteiger partial charge on any atom is -0.480 e. The monoisotopic (exact) mass is 516 g/mol. The summed E-state index contributed by atoms with van der Waals surface area (Å²) in [6.45, 7) is 3.68. The number of unbranched alkanes of at least 4 members (excludes halogenated alkanes) is 1. The standard InChI is InChI=1S/C28H36N2O5.ClH/c1-3-4-16-35-28(34)25(15-14-21-10-6-5-7-11-21)29-20(2)27(33)30(19-26(31)32)24-17-22-12-8-9-13-23(22)18-24;/h5-13,20,24-25,29H,3-4,14-19H2,1-2H3,(H,31,32);1H/t20-,25?;/m0./s1. The first kappa shape index (κ1) is 29.3. The van der Waals surface area contributed by atoms with Crippen molar-refractivity contribution in [3.05, 3.63) is 71.3 Å². The summed E-state index contributed by atoms with van der Waals surface area (Å²) in [5, 5.41) is 12.7. The van der Waals surface area contributed by atoms with Gasteiger partial charge in [0, 0.05) is 6.04 Å². The number of amides is 1. The zero-order chi connectivity index (χ0) is 25.2. The molecule has 2 atom stereocenters. The molecule has 0 saturated carbocycles. The number of ether oxygens (including phenoxy) is 1. The first-order chi connectivity index (χ1) is 16.9. The number of esters is 1. The van der Waals surface area contributed by atoms with Gasteiger partial charge in [0.2, 0.25) is 5.91 Å². The largest absolute Gasteiger partial charge is 0.480 e. The lowest BCUT2D eigenvalue weighted by Crippen LogP contribution is -2.54. The van der Waals surface area contributed by atoms with Gasteiger partial charge in [-0.2, -0.15) is 0 Å². The fraction of sp³-hybridized carbons (Fsp3) is 0.464. The van der Waals surface area contributed by atoms with Crippen molar-refractivity contribution >= 4 is 30.3 Å². The van der Waals surface area contributed by atoms with Crippen LogP contribution in [0.1, 0.15) is 49.8 Å². The van der Waals surface area contributed by atoms with Crippen LogP contribution < -0.4 is 5.32 Å². The van der Waals surface area contributed by atoms with E-state index in [4.69, 9.17) is 4.74 Å². The molecule has 0 aliphatic heterocycles. The highest BCUT2D eigenvalue weighted by molar-refractivity contribution is 5.86. The van der Waals surface area contributed by atoms with Crippen molar-refractivity contribution in [2.75, 3.05) is 13.2 Å². The number of halogens is 1. The lowest BCUT2D eigenvalue weighted by atomic mass is 10.0. The van der Waals surface area contributed by atoms with E-state index >= 15 is 0 Å². The molecule has 0 heterocycles. The van der Waals surface area contributed by atoms with Gasteiger partial charge in [-0.3, -0.25) is 19.7 Å². The molecule has 8 heteroatoms. The molecular weight excluding hydrogens is 480 g/mol. The number of fused-ring (bicyclic) bond motifs is 1. The number of carbonyl (C=O) groups excluding carboxylic acids is 2. The average Bonchev–Trinajstić information content (AvgIpc) is 3.29. The number of carboxylic acid groups (broad SMARTS) is 1. The highest BCUT2D eigenvalue weighted by Gasteiger charge is 2.34. The van der Waals surface area contributed by atoms with Crippen LogP contribution in [0.15, 0.2) is 54.6 Å². The summed E-state index contributed by atoms with van der Waals surface area (Å²) in [4.78, 5) is 39.4. The van der Waals surface area contributed by atoms with Crippen LogP contribution in [0.5, 0.6) is 0 Å². The number of hydrogen-bond donors (Lipinski definition) is 2. The van der Waals surface area contributed by atoms with Crippen LogP contribution in [0.25, 0.3) is 0 Å². The lowest BCUT2D eigenvalue weighted by Gasteiger charge is -2.31. The number of hydrogen-bond acceptors (Lipinski definition) is 5. The van der Waals surface area contributed by atoms with E-state index < -0.39 is 18.1 Å². The van der Waals surface area contributed by atoms with E-state index in [-0.39, 0.29) is 36.9 Å².